The summed E-state index contributed by atoms with van der Waals surface area (Å²) in [4.78, 5) is 0. The van der Waals surface area contributed by atoms with Crippen molar-refractivity contribution in [1.82, 2.24) is 0 Å². The molecule has 0 bridgehead atoms. The number of benzene rings is 2. The van der Waals surface area contributed by atoms with Gasteiger partial charge in [0.25, 0.3) is 0 Å². The number of halogens is 1. The summed E-state index contributed by atoms with van der Waals surface area (Å²) in [6.45, 7) is 0. The number of ether oxygens (including phenoxy) is 1. The number of anilines is 1. The lowest BCUT2D eigenvalue weighted by atomic mass is 10.0. The molecule has 0 amide bonds. The van der Waals surface area contributed by atoms with Gasteiger partial charge < -0.3 is 15.9 Å². The van der Waals surface area contributed by atoms with Gasteiger partial charge in [-0.15, -0.1) is 0 Å². The van der Waals surface area contributed by atoms with Crippen LogP contribution in [-0.4, -0.2) is 13.3 Å². The lowest BCUT2D eigenvalue weighted by Crippen LogP contribution is -1.93. The molecule has 0 aliphatic heterocycles. The highest BCUT2D eigenvalue weighted by molar-refractivity contribution is 6.32. The second kappa shape index (κ2) is 5.10. The molecule has 92 valence electrons. The van der Waals surface area contributed by atoms with Gasteiger partial charge in [0, 0.05) is 17.5 Å². The van der Waals surface area contributed by atoms with E-state index in [0.717, 1.165) is 11.1 Å². The van der Waals surface area contributed by atoms with E-state index >= 15 is 0 Å². The number of hydrogen-bond donors (Lipinski definition) is 2. The number of hydrogen-bond acceptors (Lipinski definition) is 3. The Labute approximate surface area is 111 Å². The third-order valence-electron chi connectivity index (χ3n) is 2.73. The molecule has 0 unspecified atom stereocenters. The fourth-order valence-corrected chi connectivity index (χ4v) is 1.98. The van der Waals surface area contributed by atoms with Crippen LogP contribution in [0.15, 0.2) is 36.4 Å². The molecule has 0 aromatic heterocycles. The highest BCUT2D eigenvalue weighted by Gasteiger charge is 2.05. The van der Waals surface area contributed by atoms with E-state index in [0.29, 0.717) is 22.0 Å². The minimum absolute atomic E-state index is 0.559. The lowest BCUT2D eigenvalue weighted by molar-refractivity contribution is 0.415. The molecule has 4 heteroatoms. The Morgan fingerprint density at radius 1 is 1.17 bits per heavy atom. The zero-order valence-corrected chi connectivity index (χ0v) is 10.7. The van der Waals surface area contributed by atoms with E-state index in [1.54, 1.807) is 13.2 Å². The van der Waals surface area contributed by atoms with Gasteiger partial charge in [-0.3, -0.25) is 0 Å². The van der Waals surface area contributed by atoms with Crippen molar-refractivity contribution in [2.45, 2.75) is 0 Å². The highest BCUT2D eigenvalue weighted by atomic mass is 35.5. The van der Waals surface area contributed by atoms with Crippen LogP contribution in [0.1, 0.15) is 5.56 Å². The molecular weight excluding hydrogens is 248 g/mol. The van der Waals surface area contributed by atoms with Crippen LogP contribution in [0.2, 0.25) is 5.02 Å². The average molecular weight is 261 g/mol. The van der Waals surface area contributed by atoms with Crippen molar-refractivity contribution < 1.29 is 4.74 Å². The van der Waals surface area contributed by atoms with E-state index in [1.807, 2.05) is 30.3 Å². The van der Waals surface area contributed by atoms with Crippen molar-refractivity contribution in [3.05, 3.63) is 47.0 Å². The quantitative estimate of drug-likeness (QED) is 0.654. The third-order valence-corrected chi connectivity index (χ3v) is 3.02. The van der Waals surface area contributed by atoms with Crippen LogP contribution < -0.4 is 10.5 Å². The lowest BCUT2D eigenvalue weighted by Gasteiger charge is -2.08. The molecule has 0 fully saturated rings. The summed E-state index contributed by atoms with van der Waals surface area (Å²) in [7, 11) is 1.58. The monoisotopic (exact) mass is 260 g/mol. The predicted molar refractivity (Wildman–Crippen MR) is 75.7 cm³/mol. The van der Waals surface area contributed by atoms with Gasteiger partial charge in [-0.2, -0.15) is 0 Å². The van der Waals surface area contributed by atoms with Gasteiger partial charge in [-0.05, 0) is 35.4 Å². The summed E-state index contributed by atoms with van der Waals surface area (Å²) in [5.74, 6) is 0.642. The van der Waals surface area contributed by atoms with E-state index < -0.39 is 0 Å². The van der Waals surface area contributed by atoms with Gasteiger partial charge in [0.1, 0.15) is 5.75 Å². The Hall–Kier alpha value is -2.00. The smallest absolute Gasteiger partial charge is 0.137 e. The Morgan fingerprint density at radius 2 is 1.83 bits per heavy atom. The number of methoxy groups -OCH3 is 1. The molecule has 3 nitrogen and oxygen atoms in total. The fourth-order valence-electron chi connectivity index (χ4n) is 1.73. The average Bonchev–Trinajstić information content (AvgIpc) is 2.39. The van der Waals surface area contributed by atoms with Crippen LogP contribution in [0.25, 0.3) is 11.1 Å². The van der Waals surface area contributed by atoms with Crippen LogP contribution >= 0.6 is 11.6 Å². The summed E-state index contributed by atoms with van der Waals surface area (Å²) in [5, 5.41) is 7.86. The van der Waals surface area contributed by atoms with E-state index in [4.69, 9.17) is 27.5 Å². The minimum Gasteiger partial charge on any atom is -0.495 e. The van der Waals surface area contributed by atoms with Gasteiger partial charge in [0.05, 0.1) is 12.1 Å². The van der Waals surface area contributed by atoms with Gasteiger partial charge in [-0.1, -0.05) is 23.7 Å². The summed E-state index contributed by atoms with van der Waals surface area (Å²) < 4.78 is 5.11. The zero-order valence-electron chi connectivity index (χ0n) is 9.91. The molecule has 0 atom stereocenters. The molecule has 0 radical (unpaired) electrons. The summed E-state index contributed by atoms with van der Waals surface area (Å²) in [6.07, 6.45) is 1.24. The number of nitrogen functional groups attached to an aromatic ring is 1. The van der Waals surface area contributed by atoms with Gasteiger partial charge in [0.2, 0.25) is 0 Å². The van der Waals surface area contributed by atoms with Crippen LogP contribution in [0.4, 0.5) is 5.69 Å². The highest BCUT2D eigenvalue weighted by Crippen LogP contribution is 2.31. The van der Waals surface area contributed by atoms with E-state index in [9.17, 15) is 0 Å². The molecule has 0 saturated carbocycles. The minimum atomic E-state index is 0.559. The first-order valence-corrected chi connectivity index (χ1v) is 5.77. The first kappa shape index (κ1) is 12.5. The molecule has 2 aromatic rings. The van der Waals surface area contributed by atoms with Crippen LogP contribution in [-0.2, 0) is 0 Å². The van der Waals surface area contributed by atoms with Crippen LogP contribution in [0.3, 0.4) is 0 Å². The largest absolute Gasteiger partial charge is 0.495 e. The molecule has 18 heavy (non-hydrogen) atoms. The number of rotatable bonds is 3. The van der Waals surface area contributed by atoms with Crippen molar-refractivity contribution >= 4 is 23.5 Å². The molecule has 2 aromatic carbocycles. The van der Waals surface area contributed by atoms with Gasteiger partial charge in [0.15, 0.2) is 0 Å². The number of nitrogens with one attached hydrogen (secondary N) is 1. The molecule has 0 saturated heterocycles. The topological polar surface area (TPSA) is 59.1 Å². The molecular formula is C14H13ClN2O. The SMILES string of the molecule is COc1ccc(-c2ccc(N)c(C=N)c2)cc1Cl. The second-order valence-electron chi connectivity index (χ2n) is 3.84. The normalized spacial score (nSPS) is 10.1. The van der Waals surface area contributed by atoms with Gasteiger partial charge in [-0.25, -0.2) is 0 Å². The standard InChI is InChI=1S/C14H13ClN2O/c1-18-14-5-3-10(7-12(14)15)9-2-4-13(17)11(6-9)8-16/h2-8,16H,17H2,1H3. The molecule has 3 N–H and O–H groups in total. The second-order valence-corrected chi connectivity index (χ2v) is 4.24. The van der Waals surface area contributed by atoms with E-state index in [1.165, 1.54) is 6.21 Å². The summed E-state index contributed by atoms with van der Waals surface area (Å²) in [6, 6.07) is 11.1. The van der Waals surface area contributed by atoms with E-state index in [2.05, 4.69) is 0 Å². The Balaban J connectivity index is 2.48. The maximum Gasteiger partial charge on any atom is 0.137 e. The summed E-state index contributed by atoms with van der Waals surface area (Å²) in [5.41, 5.74) is 8.97. The maximum atomic E-state index is 7.30. The Kier molecular flexibility index (Phi) is 3.53. The Morgan fingerprint density at radius 3 is 2.44 bits per heavy atom. The maximum absolute atomic E-state index is 7.30. The Bertz CT molecular complexity index is 596. The van der Waals surface area contributed by atoms with Crippen molar-refractivity contribution in [1.29, 1.82) is 5.41 Å². The molecule has 0 aliphatic carbocycles. The molecule has 0 heterocycles. The predicted octanol–water partition coefficient (Wildman–Crippen LogP) is 3.60. The number of nitrogens with two attached hydrogens (primary N) is 1. The molecule has 0 spiro atoms. The third kappa shape index (κ3) is 2.31. The first-order chi connectivity index (χ1) is 8.65. The first-order valence-electron chi connectivity index (χ1n) is 5.39. The van der Waals surface area contributed by atoms with Crippen LogP contribution in [0, 0.1) is 5.41 Å². The molecule has 0 aliphatic rings. The van der Waals surface area contributed by atoms with E-state index in [-0.39, 0.29) is 0 Å². The van der Waals surface area contributed by atoms with Crippen molar-refractivity contribution in [2.24, 2.45) is 0 Å². The van der Waals surface area contributed by atoms with Crippen molar-refractivity contribution in [3.8, 4) is 16.9 Å². The van der Waals surface area contributed by atoms with Crippen LogP contribution in [0.5, 0.6) is 5.75 Å². The van der Waals surface area contributed by atoms with Gasteiger partial charge >= 0.3 is 0 Å². The zero-order chi connectivity index (χ0) is 13.1. The summed E-state index contributed by atoms with van der Waals surface area (Å²) >= 11 is 6.09. The van der Waals surface area contributed by atoms with Crippen molar-refractivity contribution in [2.75, 3.05) is 12.8 Å². The fraction of sp³-hybridized carbons (Fsp3) is 0.0714. The molecule has 2 rings (SSSR count). The van der Waals surface area contributed by atoms with Crippen molar-refractivity contribution in [3.63, 3.8) is 0 Å².